The third kappa shape index (κ3) is 2.31. The Balaban J connectivity index is 1.81. The smallest absolute Gasteiger partial charge is 0.323 e. The Morgan fingerprint density at radius 3 is 3.05 bits per heavy atom. The monoisotopic (exact) mass is 287 g/mol. The summed E-state index contributed by atoms with van der Waals surface area (Å²) in [5, 5.41) is 9.38. The number of aromatic nitrogens is 2. The molecule has 21 heavy (non-hydrogen) atoms. The van der Waals surface area contributed by atoms with E-state index in [0.717, 1.165) is 42.7 Å². The summed E-state index contributed by atoms with van der Waals surface area (Å²) in [6.07, 6.45) is 3.16. The second-order valence-electron chi connectivity index (χ2n) is 6.02. The number of aliphatic carboxylic acids is 1. The second-order valence-corrected chi connectivity index (χ2v) is 6.02. The van der Waals surface area contributed by atoms with Crippen LogP contribution in [0.4, 0.5) is 0 Å². The topological polar surface area (TPSA) is 81.1 Å². The summed E-state index contributed by atoms with van der Waals surface area (Å²) in [7, 11) is 0. The van der Waals surface area contributed by atoms with E-state index in [9.17, 15) is 9.90 Å². The van der Waals surface area contributed by atoms with E-state index in [1.165, 1.54) is 0 Å². The zero-order valence-corrected chi connectivity index (χ0v) is 12.2. The maximum atomic E-state index is 11.4. The lowest BCUT2D eigenvalue weighted by Gasteiger charge is -2.27. The molecule has 0 radical (unpaired) electrons. The Morgan fingerprint density at radius 1 is 1.52 bits per heavy atom. The van der Waals surface area contributed by atoms with Crippen molar-refractivity contribution < 1.29 is 9.90 Å². The lowest BCUT2D eigenvalue weighted by Crippen LogP contribution is -2.51. The van der Waals surface area contributed by atoms with Crippen molar-refractivity contribution in [1.82, 2.24) is 9.55 Å². The molecule has 2 atom stereocenters. The van der Waals surface area contributed by atoms with Crippen LogP contribution in [0.25, 0.3) is 11.0 Å². The van der Waals surface area contributed by atoms with Crippen molar-refractivity contribution in [3.63, 3.8) is 0 Å². The van der Waals surface area contributed by atoms with Crippen LogP contribution in [0.3, 0.4) is 0 Å². The van der Waals surface area contributed by atoms with Crippen LogP contribution in [0.2, 0.25) is 0 Å². The van der Waals surface area contributed by atoms with E-state index in [4.69, 9.17) is 5.73 Å². The van der Waals surface area contributed by atoms with Gasteiger partial charge in [-0.05, 0) is 44.2 Å². The molecule has 0 aliphatic heterocycles. The highest BCUT2D eigenvalue weighted by atomic mass is 16.4. The largest absolute Gasteiger partial charge is 0.480 e. The molecule has 3 N–H and O–H groups in total. The van der Waals surface area contributed by atoms with E-state index in [0.29, 0.717) is 6.42 Å². The summed E-state index contributed by atoms with van der Waals surface area (Å²) in [5.41, 5.74) is 7.15. The van der Waals surface area contributed by atoms with Gasteiger partial charge in [0.25, 0.3) is 0 Å². The summed E-state index contributed by atoms with van der Waals surface area (Å²) >= 11 is 0. The highest BCUT2D eigenvalue weighted by molar-refractivity contribution is 5.79. The normalized spacial score (nSPS) is 25.5. The van der Waals surface area contributed by atoms with Crippen LogP contribution in [0, 0.1) is 12.8 Å². The molecule has 1 aliphatic carbocycles. The van der Waals surface area contributed by atoms with Crippen LogP contribution in [-0.2, 0) is 11.3 Å². The number of carbonyl (C=O) groups is 1. The lowest BCUT2D eigenvalue weighted by molar-refractivity contribution is -0.144. The number of hydrogen-bond donors (Lipinski definition) is 2. The molecule has 1 aromatic heterocycles. The SMILES string of the molecule is Cc1nc2ccccc2n1CCC1CCCC1(N)C(=O)O. The van der Waals surface area contributed by atoms with E-state index in [1.807, 2.05) is 25.1 Å². The number of carboxylic acids is 1. The molecule has 112 valence electrons. The van der Waals surface area contributed by atoms with Crippen LogP contribution < -0.4 is 5.73 Å². The zero-order valence-electron chi connectivity index (χ0n) is 12.2. The molecule has 5 nitrogen and oxygen atoms in total. The minimum absolute atomic E-state index is 0.0376. The lowest BCUT2D eigenvalue weighted by atomic mass is 9.85. The first kappa shape index (κ1) is 14.1. The number of nitrogens with two attached hydrogens (primary N) is 1. The molecular weight excluding hydrogens is 266 g/mol. The van der Waals surface area contributed by atoms with Crippen molar-refractivity contribution >= 4 is 17.0 Å². The fourth-order valence-corrected chi connectivity index (χ4v) is 3.55. The van der Waals surface area contributed by atoms with Crippen molar-refractivity contribution in [1.29, 1.82) is 0 Å². The van der Waals surface area contributed by atoms with Crippen molar-refractivity contribution in [3.05, 3.63) is 30.1 Å². The summed E-state index contributed by atoms with van der Waals surface area (Å²) in [5.74, 6) is 0.139. The summed E-state index contributed by atoms with van der Waals surface area (Å²) in [6, 6.07) is 8.03. The zero-order chi connectivity index (χ0) is 15.0. The van der Waals surface area contributed by atoms with Gasteiger partial charge in [0.05, 0.1) is 11.0 Å². The van der Waals surface area contributed by atoms with Gasteiger partial charge in [0.2, 0.25) is 0 Å². The van der Waals surface area contributed by atoms with E-state index < -0.39 is 11.5 Å². The van der Waals surface area contributed by atoms with Crippen molar-refractivity contribution in [2.24, 2.45) is 11.7 Å². The maximum absolute atomic E-state index is 11.4. The second kappa shape index (κ2) is 5.15. The number of benzene rings is 1. The van der Waals surface area contributed by atoms with Crippen LogP contribution in [0.5, 0.6) is 0 Å². The summed E-state index contributed by atoms with van der Waals surface area (Å²) in [4.78, 5) is 16.0. The Hall–Kier alpha value is -1.88. The van der Waals surface area contributed by atoms with Gasteiger partial charge in [0, 0.05) is 6.54 Å². The molecule has 0 bridgehead atoms. The van der Waals surface area contributed by atoms with Crippen LogP contribution in [0.1, 0.15) is 31.5 Å². The van der Waals surface area contributed by atoms with E-state index in [2.05, 4.69) is 15.6 Å². The van der Waals surface area contributed by atoms with Crippen molar-refractivity contribution in [2.45, 2.75) is 44.7 Å². The van der Waals surface area contributed by atoms with Crippen LogP contribution in [0.15, 0.2) is 24.3 Å². The van der Waals surface area contributed by atoms with Gasteiger partial charge in [-0.2, -0.15) is 0 Å². The molecule has 5 heteroatoms. The minimum Gasteiger partial charge on any atom is -0.480 e. The number of hydrogen-bond acceptors (Lipinski definition) is 3. The van der Waals surface area contributed by atoms with Gasteiger partial charge < -0.3 is 15.4 Å². The highest BCUT2D eigenvalue weighted by Gasteiger charge is 2.45. The Kier molecular flexibility index (Phi) is 3.45. The van der Waals surface area contributed by atoms with Crippen LogP contribution in [-0.4, -0.2) is 26.2 Å². The van der Waals surface area contributed by atoms with Gasteiger partial charge in [-0.3, -0.25) is 4.79 Å². The summed E-state index contributed by atoms with van der Waals surface area (Å²) < 4.78 is 2.16. The maximum Gasteiger partial charge on any atom is 0.323 e. The average Bonchev–Trinajstić information content (AvgIpc) is 2.97. The standard InChI is InChI=1S/C16H21N3O2/c1-11-18-13-6-2-3-7-14(13)19(11)10-8-12-5-4-9-16(12,17)15(20)21/h2-3,6-7,12H,4-5,8-10,17H2,1H3,(H,20,21). The Morgan fingerprint density at radius 2 is 2.29 bits per heavy atom. The Bertz CT molecular complexity index is 679. The summed E-state index contributed by atoms with van der Waals surface area (Å²) in [6.45, 7) is 2.75. The Labute approximate surface area is 123 Å². The fraction of sp³-hybridized carbons (Fsp3) is 0.500. The van der Waals surface area contributed by atoms with Crippen LogP contribution >= 0.6 is 0 Å². The number of imidazole rings is 1. The van der Waals surface area contributed by atoms with Gasteiger partial charge in [-0.1, -0.05) is 18.6 Å². The number of rotatable bonds is 4. The first-order valence-electron chi connectivity index (χ1n) is 7.46. The average molecular weight is 287 g/mol. The molecule has 2 aromatic rings. The third-order valence-electron chi connectivity index (χ3n) is 4.82. The van der Waals surface area contributed by atoms with Gasteiger partial charge in [-0.15, -0.1) is 0 Å². The predicted molar refractivity (Wildman–Crippen MR) is 81.0 cm³/mol. The molecule has 0 saturated heterocycles. The number of nitrogens with zero attached hydrogens (tertiary/aromatic N) is 2. The van der Waals surface area contributed by atoms with Gasteiger partial charge in [0.1, 0.15) is 11.4 Å². The highest BCUT2D eigenvalue weighted by Crippen LogP contribution is 2.36. The molecule has 3 rings (SSSR count). The quantitative estimate of drug-likeness (QED) is 0.904. The molecular formula is C16H21N3O2. The molecule has 0 spiro atoms. The molecule has 2 unspecified atom stereocenters. The number of aryl methyl sites for hydroxylation is 2. The predicted octanol–water partition coefficient (Wildman–Crippen LogP) is 2.32. The number of carboxylic acid groups (broad SMARTS) is 1. The molecule has 1 aliphatic rings. The number of para-hydroxylation sites is 2. The van der Waals surface area contributed by atoms with Crippen molar-refractivity contribution in [3.8, 4) is 0 Å². The molecule has 1 saturated carbocycles. The van der Waals surface area contributed by atoms with E-state index >= 15 is 0 Å². The molecule has 0 amide bonds. The van der Waals surface area contributed by atoms with E-state index in [-0.39, 0.29) is 5.92 Å². The fourth-order valence-electron chi connectivity index (χ4n) is 3.55. The third-order valence-corrected chi connectivity index (χ3v) is 4.82. The van der Waals surface area contributed by atoms with Gasteiger partial charge in [-0.25, -0.2) is 4.98 Å². The molecule has 1 heterocycles. The molecule has 1 aromatic carbocycles. The van der Waals surface area contributed by atoms with E-state index in [1.54, 1.807) is 0 Å². The number of fused-ring (bicyclic) bond motifs is 1. The first-order chi connectivity index (χ1) is 10.0. The van der Waals surface area contributed by atoms with Gasteiger partial charge >= 0.3 is 5.97 Å². The first-order valence-corrected chi connectivity index (χ1v) is 7.46. The van der Waals surface area contributed by atoms with Crippen molar-refractivity contribution in [2.75, 3.05) is 0 Å². The minimum atomic E-state index is -1.05. The molecule has 1 fully saturated rings. The van der Waals surface area contributed by atoms with Gasteiger partial charge in [0.15, 0.2) is 0 Å².